The summed E-state index contributed by atoms with van der Waals surface area (Å²) in [6.45, 7) is 8.99. The third-order valence-electron chi connectivity index (χ3n) is 8.01. The molecule has 10 nitrogen and oxygen atoms in total. The van der Waals surface area contributed by atoms with E-state index in [4.69, 9.17) is 9.72 Å². The van der Waals surface area contributed by atoms with Crippen molar-refractivity contribution in [2.45, 2.75) is 58.4 Å². The highest BCUT2D eigenvalue weighted by Crippen LogP contribution is 2.44. The molecular weight excluding hydrogens is 607 g/mol. The van der Waals surface area contributed by atoms with Crippen molar-refractivity contribution in [2.75, 3.05) is 49.5 Å². The number of piperazine rings is 1. The summed E-state index contributed by atoms with van der Waals surface area (Å²) in [7, 11) is 0. The number of likely N-dealkylation sites (N-methyl/N-ethyl adjacent to an activating group) is 1. The third kappa shape index (κ3) is 7.50. The molecule has 0 atom stereocenters. The fourth-order valence-corrected chi connectivity index (χ4v) is 6.44. The molecule has 45 heavy (non-hydrogen) atoms. The van der Waals surface area contributed by atoms with Crippen LogP contribution in [0.5, 0.6) is 5.75 Å². The van der Waals surface area contributed by atoms with Gasteiger partial charge in [-0.2, -0.15) is 0 Å². The number of halogens is 3. The van der Waals surface area contributed by atoms with Crippen LogP contribution in [0.3, 0.4) is 0 Å². The first-order valence-electron chi connectivity index (χ1n) is 15.3. The average Bonchev–Trinajstić information content (AvgIpc) is 3.64. The number of nitrogens with one attached hydrogen (secondary N) is 1. The Morgan fingerprint density at radius 2 is 1.82 bits per heavy atom. The van der Waals surface area contributed by atoms with Crippen molar-refractivity contribution >= 4 is 44.8 Å². The number of ether oxygens (including phenoxy) is 2. The molecule has 240 valence electrons. The van der Waals surface area contributed by atoms with Gasteiger partial charge in [-0.3, -0.25) is 4.79 Å². The van der Waals surface area contributed by atoms with E-state index in [1.807, 2.05) is 6.07 Å². The standard InChI is InChI=1S/C31H36F3N7O3S/c1-3-39-14-16-40(17-15-39)25-19-26-24(18-23(25)36-30-38-37-27(45-30)6-5-7-28(42)43-4-2)35-29(41(26)21-10-11-21)20-8-12-22(13-9-20)44-31(32,33)34/h8-9,12-13,18-19,21H,3-7,10-11,14-17H2,1-2H3,(H,36,38). The second-order valence-electron chi connectivity index (χ2n) is 11.2. The molecule has 3 heterocycles. The lowest BCUT2D eigenvalue weighted by Crippen LogP contribution is -2.46. The quantitative estimate of drug-likeness (QED) is 0.172. The zero-order valence-electron chi connectivity index (χ0n) is 25.3. The summed E-state index contributed by atoms with van der Waals surface area (Å²) in [6.07, 6.45) is -1.11. The Hall–Kier alpha value is -3.91. The number of hydrogen-bond donors (Lipinski definition) is 1. The number of anilines is 3. The Kier molecular flexibility index (Phi) is 9.13. The van der Waals surface area contributed by atoms with Crippen LogP contribution in [0.15, 0.2) is 36.4 Å². The van der Waals surface area contributed by atoms with E-state index in [1.165, 1.54) is 23.5 Å². The van der Waals surface area contributed by atoms with Crippen LogP contribution < -0.4 is 15.0 Å². The third-order valence-corrected chi connectivity index (χ3v) is 8.91. The number of rotatable bonds is 12. The molecule has 0 radical (unpaired) electrons. The molecule has 4 aromatic rings. The highest BCUT2D eigenvalue weighted by Gasteiger charge is 2.32. The summed E-state index contributed by atoms with van der Waals surface area (Å²) in [6, 6.07) is 10.4. The maximum atomic E-state index is 12.7. The molecular formula is C31H36F3N7O3S. The number of fused-ring (bicyclic) bond motifs is 1. The van der Waals surface area contributed by atoms with E-state index in [0.29, 0.717) is 36.8 Å². The molecule has 2 aromatic heterocycles. The van der Waals surface area contributed by atoms with Gasteiger partial charge in [0.1, 0.15) is 16.6 Å². The zero-order chi connectivity index (χ0) is 31.6. The predicted octanol–water partition coefficient (Wildman–Crippen LogP) is 6.56. The van der Waals surface area contributed by atoms with E-state index in [-0.39, 0.29) is 17.8 Å². The molecule has 6 rings (SSSR count). The first-order valence-corrected chi connectivity index (χ1v) is 16.2. The number of aromatic nitrogens is 4. The Bertz CT molecular complexity index is 1630. The first kappa shape index (κ1) is 31.1. The van der Waals surface area contributed by atoms with Crippen molar-refractivity contribution in [3.8, 4) is 17.1 Å². The summed E-state index contributed by atoms with van der Waals surface area (Å²) in [5.74, 6) is 0.236. The van der Waals surface area contributed by atoms with Crippen molar-refractivity contribution in [3.05, 3.63) is 41.4 Å². The number of carbonyl (C=O) groups excluding carboxylic acids is 1. The van der Waals surface area contributed by atoms with Crippen LogP contribution in [0.25, 0.3) is 22.4 Å². The maximum Gasteiger partial charge on any atom is 0.573 e. The van der Waals surface area contributed by atoms with Crippen LogP contribution in [-0.2, 0) is 16.0 Å². The summed E-state index contributed by atoms with van der Waals surface area (Å²) in [5, 5.41) is 13.7. The Morgan fingerprint density at radius 1 is 1.07 bits per heavy atom. The minimum Gasteiger partial charge on any atom is -0.466 e. The molecule has 1 aliphatic carbocycles. The van der Waals surface area contributed by atoms with E-state index < -0.39 is 6.36 Å². The van der Waals surface area contributed by atoms with Gasteiger partial charge in [0.25, 0.3) is 0 Å². The number of alkyl halides is 3. The van der Waals surface area contributed by atoms with Gasteiger partial charge in [-0.1, -0.05) is 18.3 Å². The van der Waals surface area contributed by atoms with Crippen molar-refractivity contribution in [1.29, 1.82) is 0 Å². The van der Waals surface area contributed by atoms with Gasteiger partial charge >= 0.3 is 12.3 Å². The lowest BCUT2D eigenvalue weighted by molar-refractivity contribution is -0.274. The molecule has 1 N–H and O–H groups in total. The smallest absolute Gasteiger partial charge is 0.466 e. The number of nitrogens with zero attached hydrogens (tertiary/aromatic N) is 6. The second-order valence-corrected chi connectivity index (χ2v) is 12.2. The monoisotopic (exact) mass is 643 g/mol. The molecule has 1 saturated heterocycles. The van der Waals surface area contributed by atoms with E-state index in [9.17, 15) is 18.0 Å². The number of imidazole rings is 1. The molecule has 0 unspecified atom stereocenters. The summed E-state index contributed by atoms with van der Waals surface area (Å²) in [5.41, 5.74) is 4.39. The van der Waals surface area contributed by atoms with Gasteiger partial charge < -0.3 is 29.2 Å². The normalized spacial score (nSPS) is 15.9. The molecule has 0 amide bonds. The Labute approximate surface area is 263 Å². The van der Waals surface area contributed by atoms with Crippen LogP contribution in [-0.4, -0.2) is 76.3 Å². The van der Waals surface area contributed by atoms with Crippen molar-refractivity contribution in [2.24, 2.45) is 0 Å². The summed E-state index contributed by atoms with van der Waals surface area (Å²) in [4.78, 5) is 21.5. The fraction of sp³-hybridized carbons (Fsp3) is 0.484. The van der Waals surface area contributed by atoms with Gasteiger partial charge in [0.15, 0.2) is 0 Å². The number of benzene rings is 2. The lowest BCUT2D eigenvalue weighted by Gasteiger charge is -2.36. The van der Waals surface area contributed by atoms with Crippen LogP contribution in [0.2, 0.25) is 0 Å². The van der Waals surface area contributed by atoms with Gasteiger partial charge in [0.05, 0.1) is 29.0 Å². The van der Waals surface area contributed by atoms with E-state index in [2.05, 4.69) is 47.6 Å². The molecule has 14 heteroatoms. The van der Waals surface area contributed by atoms with E-state index in [1.54, 1.807) is 19.1 Å². The van der Waals surface area contributed by atoms with Gasteiger partial charge in [0, 0.05) is 50.6 Å². The minimum absolute atomic E-state index is 0.211. The highest BCUT2D eigenvalue weighted by atomic mass is 32.1. The molecule has 0 bridgehead atoms. The topological polar surface area (TPSA) is 97.6 Å². The van der Waals surface area contributed by atoms with Crippen molar-refractivity contribution < 1.29 is 27.4 Å². The first-order chi connectivity index (χ1) is 21.7. The minimum atomic E-state index is -4.75. The Balaban J connectivity index is 1.32. The van der Waals surface area contributed by atoms with Crippen molar-refractivity contribution in [3.63, 3.8) is 0 Å². The summed E-state index contributed by atoms with van der Waals surface area (Å²) < 4.78 is 49.6. The zero-order valence-corrected chi connectivity index (χ0v) is 26.1. The van der Waals surface area contributed by atoms with E-state index >= 15 is 0 Å². The van der Waals surface area contributed by atoms with Crippen LogP contribution in [0.1, 0.15) is 50.6 Å². The van der Waals surface area contributed by atoms with Gasteiger partial charge in [-0.15, -0.1) is 23.4 Å². The molecule has 2 aliphatic rings. The summed E-state index contributed by atoms with van der Waals surface area (Å²) >= 11 is 1.45. The van der Waals surface area contributed by atoms with Gasteiger partial charge in [-0.05, 0) is 69.1 Å². The molecule has 2 aromatic carbocycles. The second kappa shape index (κ2) is 13.2. The average molecular weight is 644 g/mol. The van der Waals surface area contributed by atoms with Crippen LogP contribution in [0.4, 0.5) is 29.7 Å². The number of esters is 1. The molecule has 0 spiro atoms. The SMILES string of the molecule is CCOC(=O)CCCc1nnc(Nc2cc3nc(-c4ccc(OC(F)(F)F)cc4)n(C4CC4)c3cc2N2CCN(CC)CC2)s1. The fourth-order valence-electron chi connectivity index (χ4n) is 5.65. The maximum absolute atomic E-state index is 12.7. The number of carbonyl (C=O) groups is 1. The predicted molar refractivity (Wildman–Crippen MR) is 167 cm³/mol. The van der Waals surface area contributed by atoms with Gasteiger partial charge in [0.2, 0.25) is 5.13 Å². The molecule has 1 saturated carbocycles. The number of aryl methyl sites for hydroxylation is 1. The lowest BCUT2D eigenvalue weighted by atomic mass is 10.2. The highest BCUT2D eigenvalue weighted by molar-refractivity contribution is 7.15. The van der Waals surface area contributed by atoms with Gasteiger partial charge in [-0.25, -0.2) is 4.98 Å². The molecule has 1 aliphatic heterocycles. The molecule has 2 fully saturated rings. The van der Waals surface area contributed by atoms with E-state index in [0.717, 1.165) is 78.5 Å². The largest absolute Gasteiger partial charge is 0.573 e. The van der Waals surface area contributed by atoms with Crippen LogP contribution in [0, 0.1) is 0 Å². The van der Waals surface area contributed by atoms with Crippen molar-refractivity contribution in [1.82, 2.24) is 24.6 Å². The van der Waals surface area contributed by atoms with Crippen LogP contribution >= 0.6 is 11.3 Å². The Morgan fingerprint density at radius 3 is 2.49 bits per heavy atom. The number of hydrogen-bond acceptors (Lipinski definition) is 10.